The second kappa shape index (κ2) is 10.8. The zero-order chi connectivity index (χ0) is 28.4. The summed E-state index contributed by atoms with van der Waals surface area (Å²) in [6.45, 7) is 3.49. The molecule has 0 bridgehead atoms. The molecule has 1 aliphatic carbocycles. The molecule has 0 aliphatic heterocycles. The van der Waals surface area contributed by atoms with Gasteiger partial charge >= 0.3 is 6.18 Å². The van der Waals surface area contributed by atoms with Crippen LogP contribution in [-0.2, 0) is 11.0 Å². The molecule has 13 heteroatoms. The summed E-state index contributed by atoms with van der Waals surface area (Å²) in [6, 6.07) is 8.13. The molecule has 40 heavy (non-hydrogen) atoms. The number of hydrogen-bond donors (Lipinski definition) is 3. The van der Waals surface area contributed by atoms with Crippen molar-refractivity contribution in [2.75, 3.05) is 11.1 Å². The number of nitrogens with two attached hydrogens (primary N) is 1. The highest BCUT2D eigenvalue weighted by molar-refractivity contribution is 6.04. The van der Waals surface area contributed by atoms with Crippen LogP contribution in [0.1, 0.15) is 47.6 Å². The second-order valence-electron chi connectivity index (χ2n) is 9.43. The van der Waals surface area contributed by atoms with Gasteiger partial charge in [0.15, 0.2) is 5.65 Å². The van der Waals surface area contributed by atoms with Crippen molar-refractivity contribution in [1.82, 2.24) is 30.0 Å². The van der Waals surface area contributed by atoms with Gasteiger partial charge in [0.1, 0.15) is 23.7 Å². The van der Waals surface area contributed by atoms with Crippen molar-refractivity contribution in [2.45, 2.75) is 43.9 Å². The number of carbonyl (C=O) groups is 2. The third-order valence-electron chi connectivity index (χ3n) is 6.84. The second-order valence-corrected chi connectivity index (χ2v) is 9.43. The number of aromatic nitrogens is 5. The Morgan fingerprint density at radius 1 is 1.05 bits per heavy atom. The number of hydrogen-bond acceptors (Lipinski definition) is 7. The Morgan fingerprint density at radius 2 is 1.77 bits per heavy atom. The summed E-state index contributed by atoms with van der Waals surface area (Å²) in [5.74, 6) is -0.760. The van der Waals surface area contributed by atoms with E-state index in [4.69, 9.17) is 10.8 Å². The van der Waals surface area contributed by atoms with Crippen molar-refractivity contribution in [2.24, 2.45) is 0 Å². The minimum absolute atomic E-state index is 0.0347. The summed E-state index contributed by atoms with van der Waals surface area (Å²) in [5, 5.41) is 10.7. The summed E-state index contributed by atoms with van der Waals surface area (Å²) < 4.78 is 40.8. The minimum atomic E-state index is -4.55. The standard InChI is InChI=1S/C27H25F3N8O2/c1-2-21(39)35-18-7-9-19(10-8-18)38-25-22(24(31)33-14-34-25)23(37-38)15-3-5-16(6-4-15)26(40)36-20-13-17(11-12-32-20)27(28,29)30/h2-6,11-14,18-19H,1,7-10H2,(H,35,39)(H2,31,33,34)(H,32,36,40). The highest BCUT2D eigenvalue weighted by atomic mass is 19.4. The number of benzene rings is 1. The molecular weight excluding hydrogens is 525 g/mol. The van der Waals surface area contributed by atoms with Crippen LogP contribution in [0, 0.1) is 0 Å². The average Bonchev–Trinajstić information content (AvgIpc) is 3.34. The molecule has 0 radical (unpaired) electrons. The molecule has 1 aliphatic rings. The van der Waals surface area contributed by atoms with Gasteiger partial charge in [0.05, 0.1) is 17.0 Å². The quantitative estimate of drug-likeness (QED) is 0.300. The average molecular weight is 551 g/mol. The first-order valence-corrected chi connectivity index (χ1v) is 12.5. The fraction of sp³-hybridized carbons (Fsp3) is 0.259. The van der Waals surface area contributed by atoms with Gasteiger partial charge in [-0.05, 0) is 56.0 Å². The number of fused-ring (bicyclic) bond motifs is 1. The van der Waals surface area contributed by atoms with Crippen LogP contribution in [0.3, 0.4) is 0 Å². The molecule has 1 saturated carbocycles. The number of rotatable bonds is 6. The smallest absolute Gasteiger partial charge is 0.383 e. The van der Waals surface area contributed by atoms with Crippen LogP contribution in [0.4, 0.5) is 24.8 Å². The van der Waals surface area contributed by atoms with Crippen molar-refractivity contribution in [3.05, 3.63) is 72.7 Å². The van der Waals surface area contributed by atoms with Crippen molar-refractivity contribution >= 4 is 34.5 Å². The van der Waals surface area contributed by atoms with E-state index < -0.39 is 17.6 Å². The monoisotopic (exact) mass is 550 g/mol. The normalized spacial score (nSPS) is 17.4. The number of carbonyl (C=O) groups excluding carboxylic acids is 2. The number of amides is 2. The lowest BCUT2D eigenvalue weighted by atomic mass is 9.91. The molecule has 10 nitrogen and oxygen atoms in total. The molecule has 206 valence electrons. The fourth-order valence-corrected chi connectivity index (χ4v) is 4.82. The number of alkyl halides is 3. The van der Waals surface area contributed by atoms with Gasteiger partial charge in [-0.25, -0.2) is 19.6 Å². The Labute approximate surface area is 226 Å². The van der Waals surface area contributed by atoms with Crippen molar-refractivity contribution in [1.29, 1.82) is 0 Å². The van der Waals surface area contributed by atoms with Gasteiger partial charge in [-0.2, -0.15) is 18.3 Å². The SMILES string of the molecule is C=CC(=O)NC1CCC(n2nc(-c3ccc(C(=O)Nc4cc(C(F)(F)F)ccn4)cc3)c3c(N)ncnc32)CC1. The van der Waals surface area contributed by atoms with Gasteiger partial charge < -0.3 is 16.4 Å². The molecule has 2 amide bonds. The number of anilines is 2. The van der Waals surface area contributed by atoms with Crippen molar-refractivity contribution in [3.63, 3.8) is 0 Å². The van der Waals surface area contributed by atoms with Gasteiger partial charge in [-0.15, -0.1) is 0 Å². The minimum Gasteiger partial charge on any atom is -0.383 e. The Hall–Kier alpha value is -4.81. The molecule has 0 atom stereocenters. The van der Waals surface area contributed by atoms with E-state index >= 15 is 0 Å². The van der Waals surface area contributed by atoms with Gasteiger partial charge in [0.25, 0.3) is 5.91 Å². The molecule has 0 spiro atoms. The molecule has 5 rings (SSSR count). The molecule has 1 fully saturated rings. The fourth-order valence-electron chi connectivity index (χ4n) is 4.82. The summed E-state index contributed by atoms with van der Waals surface area (Å²) in [6.07, 6.45) is 2.15. The Bertz CT molecular complexity index is 1580. The zero-order valence-electron chi connectivity index (χ0n) is 21.2. The predicted molar refractivity (Wildman–Crippen MR) is 142 cm³/mol. The summed E-state index contributed by atoms with van der Waals surface area (Å²) >= 11 is 0. The van der Waals surface area contributed by atoms with Crippen LogP contribution in [0.2, 0.25) is 0 Å². The van der Waals surface area contributed by atoms with Crippen molar-refractivity contribution in [3.8, 4) is 11.3 Å². The molecule has 0 unspecified atom stereocenters. The summed E-state index contributed by atoms with van der Waals surface area (Å²) in [4.78, 5) is 36.7. The van der Waals surface area contributed by atoms with Crippen LogP contribution in [0.15, 0.2) is 61.6 Å². The van der Waals surface area contributed by atoms with E-state index in [9.17, 15) is 22.8 Å². The van der Waals surface area contributed by atoms with Crippen LogP contribution < -0.4 is 16.4 Å². The number of nitrogens with one attached hydrogen (secondary N) is 2. The van der Waals surface area contributed by atoms with Gasteiger partial charge in [-0.3, -0.25) is 9.59 Å². The first-order chi connectivity index (χ1) is 19.1. The molecular formula is C27H25F3N8O2. The third-order valence-corrected chi connectivity index (χ3v) is 6.84. The van der Waals surface area contributed by atoms with E-state index in [1.165, 1.54) is 24.5 Å². The molecule has 4 aromatic rings. The first-order valence-electron chi connectivity index (χ1n) is 12.5. The largest absolute Gasteiger partial charge is 0.416 e. The lowest BCUT2D eigenvalue weighted by Gasteiger charge is -2.29. The van der Waals surface area contributed by atoms with E-state index in [1.54, 1.807) is 12.1 Å². The maximum atomic E-state index is 13.0. The molecule has 0 saturated heterocycles. The Kier molecular flexibility index (Phi) is 7.20. The highest BCUT2D eigenvalue weighted by Gasteiger charge is 2.31. The van der Waals surface area contributed by atoms with E-state index in [0.29, 0.717) is 22.3 Å². The van der Waals surface area contributed by atoms with E-state index in [2.05, 4.69) is 32.2 Å². The van der Waals surface area contributed by atoms with Gasteiger partial charge in [0.2, 0.25) is 5.91 Å². The van der Waals surface area contributed by atoms with E-state index in [1.807, 2.05) is 4.68 Å². The lowest BCUT2D eigenvalue weighted by molar-refractivity contribution is -0.137. The predicted octanol–water partition coefficient (Wildman–Crippen LogP) is 4.53. The zero-order valence-corrected chi connectivity index (χ0v) is 21.2. The van der Waals surface area contributed by atoms with Crippen LogP contribution >= 0.6 is 0 Å². The molecule has 3 heterocycles. The summed E-state index contributed by atoms with van der Waals surface area (Å²) in [5.41, 5.74) is 7.31. The van der Waals surface area contributed by atoms with Crippen LogP contribution in [0.5, 0.6) is 0 Å². The topological polar surface area (TPSA) is 141 Å². The molecule has 4 N–H and O–H groups in total. The first kappa shape index (κ1) is 26.8. The number of pyridine rings is 1. The third kappa shape index (κ3) is 5.48. The number of halogens is 3. The Balaban J connectivity index is 1.37. The maximum Gasteiger partial charge on any atom is 0.416 e. The molecule has 3 aromatic heterocycles. The van der Waals surface area contributed by atoms with Crippen LogP contribution in [-0.4, -0.2) is 42.6 Å². The maximum absolute atomic E-state index is 13.0. The Morgan fingerprint density at radius 3 is 2.45 bits per heavy atom. The van der Waals surface area contributed by atoms with E-state index in [-0.39, 0.29) is 35.2 Å². The number of nitrogens with zero attached hydrogens (tertiary/aromatic N) is 5. The molecule has 1 aromatic carbocycles. The summed E-state index contributed by atoms with van der Waals surface area (Å²) in [7, 11) is 0. The van der Waals surface area contributed by atoms with Crippen molar-refractivity contribution < 1.29 is 22.8 Å². The van der Waals surface area contributed by atoms with E-state index in [0.717, 1.165) is 44.0 Å². The lowest BCUT2D eigenvalue weighted by Crippen LogP contribution is -2.37. The number of nitrogen functional groups attached to an aromatic ring is 1. The van der Waals surface area contributed by atoms with Crippen LogP contribution in [0.25, 0.3) is 22.3 Å². The highest BCUT2D eigenvalue weighted by Crippen LogP contribution is 2.36. The van der Waals surface area contributed by atoms with Gasteiger partial charge in [-0.1, -0.05) is 18.7 Å². The van der Waals surface area contributed by atoms with Gasteiger partial charge in [0, 0.05) is 23.4 Å².